The van der Waals surface area contributed by atoms with Crippen LogP contribution in [-0.2, 0) is 14.3 Å². The van der Waals surface area contributed by atoms with E-state index in [2.05, 4.69) is 10.1 Å². The fourth-order valence-corrected chi connectivity index (χ4v) is 0.899. The summed E-state index contributed by atoms with van der Waals surface area (Å²) in [5, 5.41) is 11.3. The minimum atomic E-state index is -1.12. The van der Waals surface area contributed by atoms with Gasteiger partial charge in [-0.1, -0.05) is 13.8 Å². The van der Waals surface area contributed by atoms with Crippen molar-refractivity contribution < 1.29 is 19.4 Å². The molecule has 0 aromatic heterocycles. The number of amides is 1. The SMILES string of the molecule is COC(=O)[C@@H](NC(=O)[C@H](C)O)C(C)C. The Labute approximate surface area is 83.4 Å². The molecule has 0 bridgehead atoms. The van der Waals surface area contributed by atoms with Gasteiger partial charge >= 0.3 is 5.97 Å². The lowest BCUT2D eigenvalue weighted by Gasteiger charge is -2.20. The van der Waals surface area contributed by atoms with Crippen LogP contribution < -0.4 is 5.32 Å². The zero-order valence-electron chi connectivity index (χ0n) is 8.90. The summed E-state index contributed by atoms with van der Waals surface area (Å²) in [6.45, 7) is 4.90. The molecule has 5 nitrogen and oxygen atoms in total. The maximum Gasteiger partial charge on any atom is 0.328 e. The fraction of sp³-hybridized carbons (Fsp3) is 0.778. The smallest absolute Gasteiger partial charge is 0.328 e. The van der Waals surface area contributed by atoms with Gasteiger partial charge in [0.05, 0.1) is 7.11 Å². The first-order chi connectivity index (χ1) is 6.40. The van der Waals surface area contributed by atoms with Crippen LogP contribution in [0.1, 0.15) is 20.8 Å². The normalized spacial score (nSPS) is 14.7. The average molecular weight is 203 g/mol. The number of nitrogens with one attached hydrogen (secondary N) is 1. The van der Waals surface area contributed by atoms with Gasteiger partial charge in [0, 0.05) is 0 Å². The number of hydrogen-bond acceptors (Lipinski definition) is 4. The first-order valence-corrected chi connectivity index (χ1v) is 4.46. The van der Waals surface area contributed by atoms with Crippen LogP contribution in [0.15, 0.2) is 0 Å². The number of esters is 1. The molecule has 0 heterocycles. The Balaban J connectivity index is 4.38. The molecule has 2 N–H and O–H groups in total. The first kappa shape index (κ1) is 12.9. The molecule has 1 amide bonds. The van der Waals surface area contributed by atoms with Gasteiger partial charge in [0.2, 0.25) is 5.91 Å². The minimum absolute atomic E-state index is 0.0786. The molecule has 2 atom stereocenters. The summed E-state index contributed by atoms with van der Waals surface area (Å²) in [6.07, 6.45) is -1.12. The van der Waals surface area contributed by atoms with Crippen molar-refractivity contribution in [3.63, 3.8) is 0 Å². The van der Waals surface area contributed by atoms with Crippen molar-refractivity contribution in [2.75, 3.05) is 7.11 Å². The van der Waals surface area contributed by atoms with Gasteiger partial charge in [-0.05, 0) is 12.8 Å². The Kier molecular flexibility index (Phi) is 5.15. The zero-order valence-corrected chi connectivity index (χ0v) is 8.90. The van der Waals surface area contributed by atoms with Crippen molar-refractivity contribution >= 4 is 11.9 Å². The number of carbonyl (C=O) groups is 2. The van der Waals surface area contributed by atoms with Gasteiger partial charge in [-0.25, -0.2) is 4.79 Å². The largest absolute Gasteiger partial charge is 0.467 e. The molecule has 0 unspecified atom stereocenters. The molecular weight excluding hydrogens is 186 g/mol. The second-order valence-electron chi connectivity index (χ2n) is 3.43. The number of aliphatic hydroxyl groups is 1. The highest BCUT2D eigenvalue weighted by Crippen LogP contribution is 2.03. The van der Waals surface area contributed by atoms with Crippen molar-refractivity contribution in [3.05, 3.63) is 0 Å². The van der Waals surface area contributed by atoms with Crippen LogP contribution in [0.3, 0.4) is 0 Å². The molecule has 0 saturated carbocycles. The van der Waals surface area contributed by atoms with E-state index in [0.29, 0.717) is 0 Å². The molecule has 0 radical (unpaired) electrons. The number of rotatable bonds is 4. The van der Waals surface area contributed by atoms with E-state index in [1.165, 1.54) is 14.0 Å². The van der Waals surface area contributed by atoms with Crippen molar-refractivity contribution in [3.8, 4) is 0 Å². The molecule has 0 aromatic rings. The van der Waals surface area contributed by atoms with E-state index >= 15 is 0 Å². The predicted octanol–water partition coefficient (Wildman–Crippen LogP) is -0.319. The summed E-state index contributed by atoms with van der Waals surface area (Å²) >= 11 is 0. The predicted molar refractivity (Wildman–Crippen MR) is 50.5 cm³/mol. The molecule has 5 heteroatoms. The van der Waals surface area contributed by atoms with E-state index in [1.807, 2.05) is 0 Å². The van der Waals surface area contributed by atoms with Gasteiger partial charge in [-0.2, -0.15) is 0 Å². The standard InChI is InChI=1S/C9H17NO4/c1-5(2)7(9(13)14-4)10-8(12)6(3)11/h5-7,11H,1-4H3,(H,10,12)/t6-,7-/m0/s1. The highest BCUT2D eigenvalue weighted by Gasteiger charge is 2.25. The monoisotopic (exact) mass is 203 g/mol. The van der Waals surface area contributed by atoms with Gasteiger partial charge in [0.1, 0.15) is 12.1 Å². The molecule has 14 heavy (non-hydrogen) atoms. The number of methoxy groups -OCH3 is 1. The van der Waals surface area contributed by atoms with E-state index in [4.69, 9.17) is 5.11 Å². The fourth-order valence-electron chi connectivity index (χ4n) is 0.899. The Bertz CT molecular complexity index is 213. The summed E-state index contributed by atoms with van der Waals surface area (Å²) in [4.78, 5) is 22.3. The van der Waals surface area contributed by atoms with Crippen molar-refractivity contribution in [1.29, 1.82) is 0 Å². The van der Waals surface area contributed by atoms with Gasteiger partial charge in [-0.15, -0.1) is 0 Å². The van der Waals surface area contributed by atoms with E-state index in [0.717, 1.165) is 0 Å². The maximum atomic E-state index is 11.2. The molecule has 82 valence electrons. The lowest BCUT2D eigenvalue weighted by atomic mass is 10.0. The lowest BCUT2D eigenvalue weighted by Crippen LogP contribution is -2.48. The Morgan fingerprint density at radius 3 is 2.07 bits per heavy atom. The molecule has 0 aliphatic heterocycles. The second-order valence-corrected chi connectivity index (χ2v) is 3.43. The Morgan fingerprint density at radius 1 is 1.29 bits per heavy atom. The number of ether oxygens (including phenoxy) is 1. The summed E-state index contributed by atoms with van der Waals surface area (Å²) in [5.74, 6) is -1.16. The van der Waals surface area contributed by atoms with Crippen LogP contribution >= 0.6 is 0 Å². The summed E-state index contributed by atoms with van der Waals surface area (Å²) in [6, 6.07) is -0.706. The minimum Gasteiger partial charge on any atom is -0.467 e. The maximum absolute atomic E-state index is 11.2. The number of aliphatic hydroxyl groups excluding tert-OH is 1. The summed E-state index contributed by atoms with van der Waals surface area (Å²) in [5.41, 5.74) is 0. The van der Waals surface area contributed by atoms with Gasteiger partial charge in [-0.3, -0.25) is 4.79 Å². The lowest BCUT2D eigenvalue weighted by molar-refractivity contribution is -0.147. The summed E-state index contributed by atoms with van der Waals surface area (Å²) < 4.78 is 4.52. The van der Waals surface area contributed by atoms with Gasteiger partial charge in [0.15, 0.2) is 0 Å². The van der Waals surface area contributed by atoms with Crippen molar-refractivity contribution in [2.24, 2.45) is 5.92 Å². The van der Waals surface area contributed by atoms with Crippen LogP contribution in [0.4, 0.5) is 0 Å². The van der Waals surface area contributed by atoms with Gasteiger partial charge in [0.25, 0.3) is 0 Å². The van der Waals surface area contributed by atoms with Crippen LogP contribution in [0.2, 0.25) is 0 Å². The van der Waals surface area contributed by atoms with Gasteiger partial charge < -0.3 is 15.2 Å². The van der Waals surface area contributed by atoms with Crippen LogP contribution in [0.25, 0.3) is 0 Å². The highest BCUT2D eigenvalue weighted by atomic mass is 16.5. The van der Waals surface area contributed by atoms with E-state index < -0.39 is 24.0 Å². The average Bonchev–Trinajstić information content (AvgIpc) is 2.11. The molecular formula is C9H17NO4. The van der Waals surface area contributed by atoms with E-state index in [9.17, 15) is 9.59 Å². The first-order valence-electron chi connectivity index (χ1n) is 4.46. The van der Waals surface area contributed by atoms with Crippen molar-refractivity contribution in [1.82, 2.24) is 5.32 Å². The molecule has 0 aliphatic carbocycles. The van der Waals surface area contributed by atoms with E-state index in [-0.39, 0.29) is 5.92 Å². The molecule has 0 aliphatic rings. The molecule has 0 aromatic carbocycles. The Morgan fingerprint density at radius 2 is 1.79 bits per heavy atom. The number of carbonyl (C=O) groups excluding carboxylic acids is 2. The van der Waals surface area contributed by atoms with E-state index in [1.54, 1.807) is 13.8 Å². The quantitative estimate of drug-likeness (QED) is 0.614. The number of hydrogen-bond donors (Lipinski definition) is 2. The topological polar surface area (TPSA) is 75.6 Å². The molecule has 0 rings (SSSR count). The third kappa shape index (κ3) is 3.74. The van der Waals surface area contributed by atoms with Crippen LogP contribution in [0, 0.1) is 5.92 Å². The van der Waals surface area contributed by atoms with Crippen LogP contribution in [0.5, 0.6) is 0 Å². The molecule has 0 saturated heterocycles. The third-order valence-corrected chi connectivity index (χ3v) is 1.80. The molecule has 0 spiro atoms. The zero-order chi connectivity index (χ0) is 11.3. The highest BCUT2D eigenvalue weighted by molar-refractivity contribution is 5.86. The second kappa shape index (κ2) is 5.59. The van der Waals surface area contributed by atoms with Crippen LogP contribution in [-0.4, -0.2) is 36.2 Å². The summed E-state index contributed by atoms with van der Waals surface area (Å²) in [7, 11) is 1.26. The third-order valence-electron chi connectivity index (χ3n) is 1.80. The molecule has 0 fully saturated rings. The Hall–Kier alpha value is -1.10. The van der Waals surface area contributed by atoms with Crippen molar-refractivity contribution in [2.45, 2.75) is 32.9 Å².